The van der Waals surface area contributed by atoms with Crippen molar-refractivity contribution in [3.8, 4) is 0 Å². The second-order valence-corrected chi connectivity index (χ2v) is 7.85. The number of carbonyl (C=O) groups excluding carboxylic acids is 1. The predicted octanol–water partition coefficient (Wildman–Crippen LogP) is 3.67. The molecular formula is C21H29N5O. The Labute approximate surface area is 160 Å². The lowest BCUT2D eigenvalue weighted by Crippen LogP contribution is -2.32. The molecule has 1 amide bonds. The number of hydrogen-bond acceptors (Lipinski definition) is 3. The van der Waals surface area contributed by atoms with E-state index in [-0.39, 0.29) is 11.9 Å². The smallest absolute Gasteiger partial charge is 0.225 e. The summed E-state index contributed by atoms with van der Waals surface area (Å²) >= 11 is 0. The van der Waals surface area contributed by atoms with Crippen LogP contribution in [0.25, 0.3) is 10.9 Å². The molecule has 0 aliphatic rings. The summed E-state index contributed by atoms with van der Waals surface area (Å²) in [5.41, 5.74) is 5.64. The molecule has 0 bridgehead atoms. The number of aromatic nitrogens is 4. The molecule has 3 aromatic rings. The molecule has 0 unspecified atom stereocenters. The van der Waals surface area contributed by atoms with E-state index < -0.39 is 0 Å². The number of carbonyl (C=O) groups is 1. The first-order chi connectivity index (χ1) is 12.8. The summed E-state index contributed by atoms with van der Waals surface area (Å²) in [4.78, 5) is 20.7. The number of aromatic amines is 1. The van der Waals surface area contributed by atoms with Crippen molar-refractivity contribution in [3.05, 3.63) is 46.7 Å². The van der Waals surface area contributed by atoms with Crippen LogP contribution in [0.5, 0.6) is 0 Å². The summed E-state index contributed by atoms with van der Waals surface area (Å²) in [6.45, 7) is 10.5. The number of rotatable bonds is 6. The molecule has 0 fully saturated rings. The van der Waals surface area contributed by atoms with E-state index in [1.54, 1.807) is 4.68 Å². The van der Waals surface area contributed by atoms with Gasteiger partial charge in [-0.2, -0.15) is 5.10 Å². The monoisotopic (exact) mass is 367 g/mol. The van der Waals surface area contributed by atoms with Crippen LogP contribution in [0.4, 0.5) is 0 Å². The zero-order valence-electron chi connectivity index (χ0n) is 17.1. The van der Waals surface area contributed by atoms with Crippen LogP contribution in [0.3, 0.4) is 0 Å². The Hall–Kier alpha value is -2.63. The van der Waals surface area contributed by atoms with Gasteiger partial charge in [-0.25, -0.2) is 4.98 Å². The molecule has 27 heavy (non-hydrogen) atoms. The molecule has 2 heterocycles. The number of fused-ring (bicyclic) bond motifs is 1. The van der Waals surface area contributed by atoms with Gasteiger partial charge in [-0.3, -0.25) is 9.48 Å². The first kappa shape index (κ1) is 19.1. The molecule has 1 aromatic carbocycles. The van der Waals surface area contributed by atoms with Gasteiger partial charge in [0.2, 0.25) is 5.91 Å². The van der Waals surface area contributed by atoms with Gasteiger partial charge in [-0.15, -0.1) is 0 Å². The highest BCUT2D eigenvalue weighted by Crippen LogP contribution is 2.28. The van der Waals surface area contributed by atoms with Crippen molar-refractivity contribution in [1.82, 2.24) is 25.1 Å². The Morgan fingerprint density at radius 1 is 1.22 bits per heavy atom. The average molecular weight is 367 g/mol. The maximum Gasteiger partial charge on any atom is 0.225 e. The average Bonchev–Trinajstić information content (AvgIpc) is 3.15. The minimum Gasteiger partial charge on any atom is -0.358 e. The van der Waals surface area contributed by atoms with Crippen LogP contribution in [0.15, 0.2) is 18.5 Å². The second-order valence-electron chi connectivity index (χ2n) is 7.85. The van der Waals surface area contributed by atoms with Crippen molar-refractivity contribution >= 4 is 16.8 Å². The summed E-state index contributed by atoms with van der Waals surface area (Å²) < 4.78 is 1.73. The predicted molar refractivity (Wildman–Crippen MR) is 108 cm³/mol. The molecule has 144 valence electrons. The van der Waals surface area contributed by atoms with Crippen LogP contribution >= 0.6 is 0 Å². The van der Waals surface area contributed by atoms with Crippen molar-refractivity contribution in [2.24, 2.45) is 13.0 Å². The molecule has 6 nitrogen and oxygen atoms in total. The van der Waals surface area contributed by atoms with Gasteiger partial charge in [0.1, 0.15) is 12.2 Å². The summed E-state index contributed by atoms with van der Waals surface area (Å²) in [5, 5.41) is 8.50. The largest absolute Gasteiger partial charge is 0.358 e. The Morgan fingerprint density at radius 3 is 2.56 bits per heavy atom. The third-order valence-electron chi connectivity index (χ3n) is 5.13. The van der Waals surface area contributed by atoms with Crippen molar-refractivity contribution in [3.63, 3.8) is 0 Å². The quantitative estimate of drug-likeness (QED) is 0.698. The van der Waals surface area contributed by atoms with Gasteiger partial charge >= 0.3 is 0 Å². The van der Waals surface area contributed by atoms with E-state index in [9.17, 15) is 4.79 Å². The fourth-order valence-corrected chi connectivity index (χ4v) is 3.76. The van der Waals surface area contributed by atoms with Gasteiger partial charge < -0.3 is 10.3 Å². The van der Waals surface area contributed by atoms with Crippen LogP contribution < -0.4 is 5.32 Å². The topological polar surface area (TPSA) is 75.6 Å². The summed E-state index contributed by atoms with van der Waals surface area (Å²) in [6, 6.07) is 4.09. The molecule has 2 N–H and O–H groups in total. The van der Waals surface area contributed by atoms with E-state index in [4.69, 9.17) is 0 Å². The van der Waals surface area contributed by atoms with Crippen LogP contribution in [-0.4, -0.2) is 25.7 Å². The van der Waals surface area contributed by atoms with E-state index in [1.165, 1.54) is 22.8 Å². The van der Waals surface area contributed by atoms with E-state index in [0.717, 1.165) is 29.0 Å². The molecule has 0 saturated carbocycles. The van der Waals surface area contributed by atoms with Crippen LogP contribution in [0.2, 0.25) is 0 Å². The number of aryl methyl sites for hydroxylation is 4. The van der Waals surface area contributed by atoms with Crippen LogP contribution in [-0.2, 0) is 18.3 Å². The zero-order chi connectivity index (χ0) is 19.7. The number of benzene rings is 1. The Kier molecular flexibility index (Phi) is 5.35. The van der Waals surface area contributed by atoms with E-state index in [0.29, 0.717) is 12.3 Å². The van der Waals surface area contributed by atoms with Crippen molar-refractivity contribution < 1.29 is 4.79 Å². The van der Waals surface area contributed by atoms with Gasteiger partial charge in [-0.05, 0) is 49.8 Å². The van der Waals surface area contributed by atoms with E-state index in [2.05, 4.69) is 60.2 Å². The lowest BCUT2D eigenvalue weighted by Gasteiger charge is -2.20. The summed E-state index contributed by atoms with van der Waals surface area (Å²) in [5.74, 6) is 1.24. The minimum absolute atomic E-state index is 0.00792. The van der Waals surface area contributed by atoms with Gasteiger partial charge in [0.25, 0.3) is 0 Å². The molecule has 6 heteroatoms. The van der Waals surface area contributed by atoms with E-state index >= 15 is 0 Å². The van der Waals surface area contributed by atoms with Crippen molar-refractivity contribution in [2.75, 3.05) is 0 Å². The van der Waals surface area contributed by atoms with Gasteiger partial charge in [0.05, 0.1) is 12.5 Å². The molecule has 2 aromatic heterocycles. The first-order valence-corrected chi connectivity index (χ1v) is 9.48. The zero-order valence-corrected chi connectivity index (χ0v) is 17.1. The number of amides is 1. The number of nitrogens with one attached hydrogen (secondary N) is 2. The fraction of sp³-hybridized carbons (Fsp3) is 0.476. The van der Waals surface area contributed by atoms with Crippen molar-refractivity contribution in [1.29, 1.82) is 0 Å². The number of nitrogens with zero attached hydrogens (tertiary/aromatic N) is 3. The van der Waals surface area contributed by atoms with Gasteiger partial charge in [0, 0.05) is 23.6 Å². The highest BCUT2D eigenvalue weighted by Gasteiger charge is 2.22. The van der Waals surface area contributed by atoms with Crippen LogP contribution in [0.1, 0.15) is 54.5 Å². The Bertz CT molecular complexity index is 967. The molecule has 0 aliphatic heterocycles. The SMILES string of the molecule is Cc1[nH]c2c(C)ccc(C)c2c1CC(=O)N[C@H](CC(C)C)c1ncnn1C. The van der Waals surface area contributed by atoms with Gasteiger partial charge in [-0.1, -0.05) is 26.0 Å². The fourth-order valence-electron chi connectivity index (χ4n) is 3.76. The maximum atomic E-state index is 12.9. The molecule has 1 atom stereocenters. The third kappa shape index (κ3) is 3.89. The highest BCUT2D eigenvalue weighted by atomic mass is 16.1. The standard InChI is InChI=1S/C21H29N5O/c1-12(2)9-17(21-22-11-23-26(21)6)25-18(27)10-16-15(5)24-20-14(4)8-7-13(3)19(16)20/h7-8,11-12,17,24H,9-10H2,1-6H3,(H,25,27)/t17-/m1/s1. The Morgan fingerprint density at radius 2 is 1.93 bits per heavy atom. The lowest BCUT2D eigenvalue weighted by atomic mass is 10.00. The molecule has 0 radical (unpaired) electrons. The summed E-state index contributed by atoms with van der Waals surface area (Å²) in [6.07, 6.45) is 2.70. The second kappa shape index (κ2) is 7.55. The van der Waals surface area contributed by atoms with Crippen molar-refractivity contribution in [2.45, 2.75) is 53.5 Å². The highest BCUT2D eigenvalue weighted by molar-refractivity contribution is 5.93. The molecule has 0 spiro atoms. The third-order valence-corrected chi connectivity index (χ3v) is 5.13. The van der Waals surface area contributed by atoms with E-state index in [1.807, 2.05) is 14.0 Å². The first-order valence-electron chi connectivity index (χ1n) is 9.48. The minimum atomic E-state index is -0.140. The molecular weight excluding hydrogens is 338 g/mol. The lowest BCUT2D eigenvalue weighted by molar-refractivity contribution is -0.121. The normalized spacial score (nSPS) is 12.7. The number of H-pyrrole nitrogens is 1. The summed E-state index contributed by atoms with van der Waals surface area (Å²) in [7, 11) is 1.86. The maximum absolute atomic E-state index is 12.9. The van der Waals surface area contributed by atoms with Gasteiger partial charge in [0.15, 0.2) is 0 Å². The van der Waals surface area contributed by atoms with Crippen LogP contribution in [0, 0.1) is 26.7 Å². The Balaban J connectivity index is 1.87. The molecule has 0 aliphatic carbocycles. The molecule has 0 saturated heterocycles. The number of hydrogen-bond donors (Lipinski definition) is 2. The molecule has 3 rings (SSSR count).